The highest BCUT2D eigenvalue weighted by atomic mass is 19.1. The van der Waals surface area contributed by atoms with Crippen LogP contribution in [0.3, 0.4) is 0 Å². The third-order valence-electron chi connectivity index (χ3n) is 7.18. The van der Waals surface area contributed by atoms with Gasteiger partial charge in [0.25, 0.3) is 0 Å². The number of rotatable bonds is 6. The van der Waals surface area contributed by atoms with Crippen LogP contribution in [0.15, 0.2) is 54.7 Å². The second-order valence-electron chi connectivity index (χ2n) is 10.1. The van der Waals surface area contributed by atoms with Gasteiger partial charge in [-0.3, -0.25) is 0 Å². The van der Waals surface area contributed by atoms with E-state index in [1.807, 2.05) is 36.5 Å². The van der Waals surface area contributed by atoms with E-state index in [1.165, 1.54) is 6.07 Å². The number of benzene rings is 2. The lowest BCUT2D eigenvalue weighted by molar-refractivity contribution is 0.495. The molecule has 0 spiro atoms. The molecule has 4 heterocycles. The van der Waals surface area contributed by atoms with Crippen molar-refractivity contribution in [2.24, 2.45) is 5.73 Å². The SMILES string of the molecule is CC(C)c1cnn2c(NCc3ccccc3-c3cc4cccc(F)c4[nH]3)nc(N3CCC(N)CC3)nc12. The van der Waals surface area contributed by atoms with Crippen LogP contribution in [0, 0.1) is 5.82 Å². The van der Waals surface area contributed by atoms with Crippen LogP contribution in [-0.2, 0) is 6.54 Å². The second kappa shape index (κ2) is 9.48. The summed E-state index contributed by atoms with van der Waals surface area (Å²) in [7, 11) is 0. The smallest absolute Gasteiger partial charge is 0.230 e. The van der Waals surface area contributed by atoms with Crippen molar-refractivity contribution < 1.29 is 4.39 Å². The predicted molar refractivity (Wildman–Crippen MR) is 145 cm³/mol. The maximum Gasteiger partial charge on any atom is 0.230 e. The van der Waals surface area contributed by atoms with E-state index in [0.29, 0.717) is 24.0 Å². The largest absolute Gasteiger partial charge is 0.352 e. The summed E-state index contributed by atoms with van der Waals surface area (Å²) in [5.41, 5.74) is 11.5. The van der Waals surface area contributed by atoms with E-state index < -0.39 is 0 Å². The number of anilines is 2. The summed E-state index contributed by atoms with van der Waals surface area (Å²) < 4.78 is 16.1. The number of aromatic nitrogens is 5. The van der Waals surface area contributed by atoms with Crippen LogP contribution in [0.4, 0.5) is 16.3 Å². The first-order chi connectivity index (χ1) is 18.0. The Kier molecular flexibility index (Phi) is 6.00. The van der Waals surface area contributed by atoms with Crippen LogP contribution in [-0.4, -0.2) is 43.7 Å². The fraction of sp³-hybridized carbons (Fsp3) is 0.321. The monoisotopic (exact) mass is 498 g/mol. The fourth-order valence-corrected chi connectivity index (χ4v) is 5.02. The first-order valence-electron chi connectivity index (χ1n) is 12.8. The van der Waals surface area contributed by atoms with Crippen LogP contribution >= 0.6 is 0 Å². The summed E-state index contributed by atoms with van der Waals surface area (Å²) in [6, 6.07) is 15.4. The highest BCUT2D eigenvalue weighted by molar-refractivity contribution is 5.86. The highest BCUT2D eigenvalue weighted by Crippen LogP contribution is 2.29. The van der Waals surface area contributed by atoms with Crippen molar-refractivity contribution in [3.05, 3.63) is 71.7 Å². The van der Waals surface area contributed by atoms with Crippen LogP contribution in [0.25, 0.3) is 27.8 Å². The van der Waals surface area contributed by atoms with Gasteiger partial charge >= 0.3 is 0 Å². The molecule has 37 heavy (non-hydrogen) atoms. The van der Waals surface area contributed by atoms with Crippen LogP contribution < -0.4 is 16.0 Å². The average Bonchev–Trinajstić information content (AvgIpc) is 3.53. The molecule has 0 saturated carbocycles. The van der Waals surface area contributed by atoms with Crippen LogP contribution in [0.2, 0.25) is 0 Å². The molecule has 0 unspecified atom stereocenters. The van der Waals surface area contributed by atoms with E-state index in [2.05, 4.69) is 40.2 Å². The minimum absolute atomic E-state index is 0.230. The Bertz CT molecular complexity index is 1560. The Labute approximate surface area is 214 Å². The number of nitrogens with zero attached hydrogens (tertiary/aromatic N) is 5. The number of fused-ring (bicyclic) bond motifs is 2. The lowest BCUT2D eigenvalue weighted by atomic mass is 10.0. The molecule has 0 amide bonds. The average molecular weight is 499 g/mol. The van der Waals surface area contributed by atoms with E-state index in [9.17, 15) is 4.39 Å². The Hall–Kier alpha value is -3.98. The summed E-state index contributed by atoms with van der Waals surface area (Å²) in [5, 5.41) is 8.97. The number of piperidine rings is 1. The molecule has 0 radical (unpaired) electrons. The molecule has 9 heteroatoms. The van der Waals surface area contributed by atoms with Gasteiger partial charge in [-0.2, -0.15) is 19.6 Å². The number of nitrogens with one attached hydrogen (secondary N) is 2. The van der Waals surface area contributed by atoms with Crippen molar-refractivity contribution in [1.29, 1.82) is 0 Å². The maximum atomic E-state index is 14.3. The first kappa shape index (κ1) is 23.4. The highest BCUT2D eigenvalue weighted by Gasteiger charge is 2.22. The van der Waals surface area contributed by atoms with Gasteiger partial charge < -0.3 is 20.9 Å². The number of nitrogens with two attached hydrogens (primary N) is 1. The van der Waals surface area contributed by atoms with Crippen LogP contribution in [0.1, 0.15) is 43.7 Å². The molecule has 1 aliphatic heterocycles. The summed E-state index contributed by atoms with van der Waals surface area (Å²) in [5.74, 6) is 1.36. The Morgan fingerprint density at radius 2 is 1.92 bits per heavy atom. The van der Waals surface area contributed by atoms with Gasteiger partial charge in [-0.1, -0.05) is 50.2 Å². The van der Waals surface area contributed by atoms with Crippen LogP contribution in [0.5, 0.6) is 0 Å². The van der Waals surface area contributed by atoms with Crippen molar-refractivity contribution in [3.8, 4) is 11.3 Å². The molecule has 1 aliphatic rings. The van der Waals surface area contributed by atoms with Gasteiger partial charge in [-0.05, 0) is 36.5 Å². The van der Waals surface area contributed by atoms with Gasteiger partial charge in [-0.15, -0.1) is 0 Å². The first-order valence-corrected chi connectivity index (χ1v) is 12.8. The zero-order valence-corrected chi connectivity index (χ0v) is 21.1. The molecule has 190 valence electrons. The molecule has 1 saturated heterocycles. The lowest BCUT2D eigenvalue weighted by Crippen LogP contribution is -2.40. The zero-order valence-electron chi connectivity index (χ0n) is 21.1. The van der Waals surface area contributed by atoms with E-state index in [4.69, 9.17) is 15.7 Å². The number of halogens is 1. The number of hydrogen-bond donors (Lipinski definition) is 3. The molecule has 8 nitrogen and oxygen atoms in total. The third kappa shape index (κ3) is 4.40. The Morgan fingerprint density at radius 3 is 2.70 bits per heavy atom. The normalized spacial score (nSPS) is 14.8. The minimum Gasteiger partial charge on any atom is -0.352 e. The summed E-state index contributed by atoms with van der Waals surface area (Å²) >= 11 is 0. The Morgan fingerprint density at radius 1 is 1.11 bits per heavy atom. The van der Waals surface area contributed by atoms with Crippen molar-refractivity contribution in [1.82, 2.24) is 24.6 Å². The zero-order chi connectivity index (χ0) is 25.5. The quantitative estimate of drug-likeness (QED) is 0.302. The molecular formula is C28H31FN8. The standard InChI is InChI=1S/C28H31FN8/c1-17(2)22-16-32-37-26(22)34-28(36-12-10-20(30)11-13-36)35-27(37)31-15-19-6-3-4-8-21(19)24-14-18-7-5-9-23(29)25(18)33-24/h3-9,14,16-17,20,33H,10-13,15,30H2,1-2H3,(H,31,34,35). The fourth-order valence-electron chi connectivity index (χ4n) is 5.02. The molecule has 5 aromatic rings. The Balaban J connectivity index is 1.35. The molecule has 4 N–H and O–H groups in total. The summed E-state index contributed by atoms with van der Waals surface area (Å²) in [6.45, 7) is 6.47. The van der Waals surface area contributed by atoms with E-state index in [-0.39, 0.29) is 17.8 Å². The van der Waals surface area contributed by atoms with Gasteiger partial charge in [0.05, 0.1) is 11.7 Å². The van der Waals surface area contributed by atoms with Gasteiger partial charge in [0.15, 0.2) is 5.65 Å². The van der Waals surface area contributed by atoms with E-state index in [0.717, 1.165) is 59.3 Å². The van der Waals surface area contributed by atoms with Gasteiger partial charge in [0.1, 0.15) is 5.82 Å². The molecular weight excluding hydrogens is 467 g/mol. The molecule has 1 fully saturated rings. The maximum absolute atomic E-state index is 14.3. The number of aromatic amines is 1. The number of hydrogen-bond acceptors (Lipinski definition) is 6. The summed E-state index contributed by atoms with van der Waals surface area (Å²) in [4.78, 5) is 15.3. The van der Waals surface area contributed by atoms with Crippen molar-refractivity contribution in [2.45, 2.75) is 45.2 Å². The van der Waals surface area contributed by atoms with Crippen molar-refractivity contribution in [3.63, 3.8) is 0 Å². The molecule has 3 aromatic heterocycles. The predicted octanol–water partition coefficient (Wildman–Crippen LogP) is 5.07. The van der Waals surface area contributed by atoms with Gasteiger partial charge in [0, 0.05) is 47.9 Å². The molecule has 2 aromatic carbocycles. The molecule has 0 aliphatic carbocycles. The lowest BCUT2D eigenvalue weighted by Gasteiger charge is -2.30. The molecule has 0 atom stereocenters. The molecule has 0 bridgehead atoms. The molecule has 6 rings (SSSR count). The second-order valence-corrected chi connectivity index (χ2v) is 10.1. The van der Waals surface area contributed by atoms with Gasteiger partial charge in [-0.25, -0.2) is 4.39 Å². The van der Waals surface area contributed by atoms with Crippen molar-refractivity contribution in [2.75, 3.05) is 23.3 Å². The third-order valence-corrected chi connectivity index (χ3v) is 7.18. The number of H-pyrrole nitrogens is 1. The summed E-state index contributed by atoms with van der Waals surface area (Å²) in [6.07, 6.45) is 3.72. The van der Waals surface area contributed by atoms with E-state index >= 15 is 0 Å². The minimum atomic E-state index is -0.256. The van der Waals surface area contributed by atoms with Gasteiger partial charge in [0.2, 0.25) is 11.9 Å². The number of para-hydroxylation sites is 1. The van der Waals surface area contributed by atoms with Crippen molar-refractivity contribution >= 4 is 28.4 Å². The van der Waals surface area contributed by atoms with E-state index in [1.54, 1.807) is 10.6 Å². The topological polar surface area (TPSA) is 100 Å².